The highest BCUT2D eigenvalue weighted by Crippen LogP contribution is 2.07. The highest BCUT2D eigenvalue weighted by Gasteiger charge is 2.15. The molecule has 0 unspecified atom stereocenters. The van der Waals surface area contributed by atoms with Crippen LogP contribution in [-0.2, 0) is 4.74 Å². The molecule has 0 aromatic heterocycles. The van der Waals surface area contributed by atoms with Crippen molar-refractivity contribution in [1.82, 2.24) is 4.90 Å². The first-order valence-corrected chi connectivity index (χ1v) is 5.38. The summed E-state index contributed by atoms with van der Waals surface area (Å²) in [5.74, 6) is 0.248. The van der Waals surface area contributed by atoms with Gasteiger partial charge < -0.3 is 15.7 Å². The maximum atomic E-state index is 8.54. The van der Waals surface area contributed by atoms with Gasteiger partial charge in [0.2, 0.25) is 0 Å². The van der Waals surface area contributed by atoms with E-state index in [0.29, 0.717) is 19.2 Å². The van der Waals surface area contributed by atoms with Crippen LogP contribution in [-0.4, -0.2) is 48.8 Å². The molecule has 0 fully saturated rings. The number of ether oxygens (including phenoxy) is 1. The summed E-state index contributed by atoms with van der Waals surface area (Å²) < 4.78 is 5.04. The van der Waals surface area contributed by atoms with Crippen LogP contribution in [0.1, 0.15) is 26.7 Å². The van der Waals surface area contributed by atoms with Crippen LogP contribution in [0.5, 0.6) is 0 Å². The molecule has 90 valence electrons. The second-order valence-electron chi connectivity index (χ2n) is 3.52. The minimum Gasteiger partial charge on any atom is -0.409 e. The third-order valence-electron chi connectivity index (χ3n) is 2.54. The third kappa shape index (κ3) is 5.59. The number of amidine groups is 1. The Hall–Kier alpha value is -0.810. The van der Waals surface area contributed by atoms with Crippen LogP contribution in [0.2, 0.25) is 0 Å². The van der Waals surface area contributed by atoms with Gasteiger partial charge in [-0.2, -0.15) is 0 Å². The van der Waals surface area contributed by atoms with Crippen LogP contribution >= 0.6 is 0 Å². The van der Waals surface area contributed by atoms with Crippen LogP contribution in [0.3, 0.4) is 0 Å². The number of methoxy groups -OCH3 is 1. The molecular weight excluding hydrogens is 194 g/mol. The zero-order valence-electron chi connectivity index (χ0n) is 9.94. The van der Waals surface area contributed by atoms with Crippen molar-refractivity contribution in [1.29, 1.82) is 0 Å². The molecule has 0 aliphatic heterocycles. The number of nitrogens with zero attached hydrogens (tertiary/aromatic N) is 2. The van der Waals surface area contributed by atoms with Gasteiger partial charge in [0.05, 0.1) is 13.2 Å². The van der Waals surface area contributed by atoms with Crippen molar-refractivity contribution >= 4 is 5.84 Å². The molecule has 0 rings (SSSR count). The number of rotatable bonds is 8. The molecule has 0 aliphatic carbocycles. The van der Waals surface area contributed by atoms with E-state index in [0.717, 1.165) is 19.4 Å². The van der Waals surface area contributed by atoms with Gasteiger partial charge in [0.15, 0.2) is 5.84 Å². The van der Waals surface area contributed by atoms with Crippen molar-refractivity contribution in [2.75, 3.05) is 26.8 Å². The van der Waals surface area contributed by atoms with E-state index in [1.807, 2.05) is 0 Å². The minimum atomic E-state index is 0.248. The van der Waals surface area contributed by atoms with Crippen LogP contribution in [0.15, 0.2) is 5.16 Å². The predicted octanol–water partition coefficient (Wildman–Crippen LogP) is 0.870. The van der Waals surface area contributed by atoms with Gasteiger partial charge in [0, 0.05) is 19.7 Å². The number of hydrogen-bond acceptors (Lipinski definition) is 4. The van der Waals surface area contributed by atoms with E-state index in [2.05, 4.69) is 23.9 Å². The highest BCUT2D eigenvalue weighted by molar-refractivity contribution is 5.81. The molecule has 0 heterocycles. The molecule has 0 aromatic carbocycles. The Bertz CT molecular complexity index is 182. The fraction of sp³-hybridized carbons (Fsp3) is 0.900. The lowest BCUT2D eigenvalue weighted by Gasteiger charge is -2.29. The van der Waals surface area contributed by atoms with Crippen molar-refractivity contribution in [3.63, 3.8) is 0 Å². The maximum Gasteiger partial charge on any atom is 0.153 e. The van der Waals surface area contributed by atoms with Crippen molar-refractivity contribution in [3.05, 3.63) is 0 Å². The summed E-state index contributed by atoms with van der Waals surface area (Å²) in [6, 6.07) is 0.459. The van der Waals surface area contributed by atoms with Gasteiger partial charge >= 0.3 is 0 Å². The molecule has 0 saturated heterocycles. The summed E-state index contributed by atoms with van der Waals surface area (Å²) in [4.78, 5) is 2.18. The Balaban J connectivity index is 4.27. The van der Waals surface area contributed by atoms with Gasteiger partial charge in [0.1, 0.15) is 0 Å². The average molecular weight is 217 g/mol. The first-order chi connectivity index (χ1) is 7.19. The molecule has 0 bridgehead atoms. The maximum absolute atomic E-state index is 8.54. The van der Waals surface area contributed by atoms with E-state index in [4.69, 9.17) is 15.7 Å². The molecule has 0 radical (unpaired) electrons. The Morgan fingerprint density at radius 2 is 2.07 bits per heavy atom. The van der Waals surface area contributed by atoms with Gasteiger partial charge in [-0.05, 0) is 12.8 Å². The Morgan fingerprint density at radius 1 is 1.47 bits per heavy atom. The summed E-state index contributed by atoms with van der Waals surface area (Å²) in [6.07, 6.45) is 2.11. The number of nitrogens with two attached hydrogens (primary N) is 1. The average Bonchev–Trinajstić information content (AvgIpc) is 2.26. The lowest BCUT2D eigenvalue weighted by molar-refractivity contribution is 0.126. The first kappa shape index (κ1) is 14.2. The van der Waals surface area contributed by atoms with E-state index < -0.39 is 0 Å². The summed E-state index contributed by atoms with van der Waals surface area (Å²) in [5, 5.41) is 11.5. The standard InChI is InChI=1S/C10H23N3O2/c1-4-9(5-2)13(6-7-15-3)8-10(11)12-14/h9,14H,4-8H2,1-3H3,(H2,11,12). The van der Waals surface area contributed by atoms with Gasteiger partial charge in [-0.25, -0.2) is 0 Å². The molecule has 15 heavy (non-hydrogen) atoms. The molecule has 0 atom stereocenters. The van der Waals surface area contributed by atoms with Crippen LogP contribution < -0.4 is 5.73 Å². The van der Waals surface area contributed by atoms with Crippen molar-refractivity contribution < 1.29 is 9.94 Å². The van der Waals surface area contributed by atoms with Crippen molar-refractivity contribution in [2.24, 2.45) is 10.9 Å². The van der Waals surface area contributed by atoms with E-state index in [9.17, 15) is 0 Å². The molecular formula is C10H23N3O2. The monoisotopic (exact) mass is 217 g/mol. The van der Waals surface area contributed by atoms with E-state index in [1.165, 1.54) is 0 Å². The summed E-state index contributed by atoms with van der Waals surface area (Å²) in [6.45, 7) is 6.24. The number of hydrogen-bond donors (Lipinski definition) is 2. The van der Waals surface area contributed by atoms with Gasteiger partial charge in [0.25, 0.3) is 0 Å². The fourth-order valence-electron chi connectivity index (χ4n) is 1.64. The first-order valence-electron chi connectivity index (χ1n) is 5.38. The van der Waals surface area contributed by atoms with Gasteiger partial charge in [-0.1, -0.05) is 19.0 Å². The van der Waals surface area contributed by atoms with Crippen LogP contribution in [0.4, 0.5) is 0 Å². The largest absolute Gasteiger partial charge is 0.409 e. The normalized spacial score (nSPS) is 12.7. The van der Waals surface area contributed by atoms with Crippen LogP contribution in [0, 0.1) is 0 Å². The molecule has 5 heteroatoms. The summed E-state index contributed by atoms with van der Waals surface area (Å²) >= 11 is 0. The lowest BCUT2D eigenvalue weighted by Crippen LogP contribution is -2.42. The van der Waals surface area contributed by atoms with Crippen molar-refractivity contribution in [2.45, 2.75) is 32.7 Å². The highest BCUT2D eigenvalue weighted by atomic mass is 16.5. The molecule has 0 spiro atoms. The van der Waals surface area contributed by atoms with E-state index >= 15 is 0 Å². The molecule has 0 saturated carbocycles. The minimum absolute atomic E-state index is 0.248. The van der Waals surface area contributed by atoms with Gasteiger partial charge in [-0.15, -0.1) is 0 Å². The Kier molecular flexibility index (Phi) is 8.04. The topological polar surface area (TPSA) is 71.1 Å². The Morgan fingerprint density at radius 3 is 2.47 bits per heavy atom. The summed E-state index contributed by atoms with van der Waals surface area (Å²) in [7, 11) is 1.68. The molecule has 0 aliphatic rings. The lowest BCUT2D eigenvalue weighted by atomic mass is 10.1. The van der Waals surface area contributed by atoms with Crippen molar-refractivity contribution in [3.8, 4) is 0 Å². The zero-order chi connectivity index (χ0) is 11.7. The second-order valence-corrected chi connectivity index (χ2v) is 3.52. The molecule has 3 N–H and O–H groups in total. The zero-order valence-corrected chi connectivity index (χ0v) is 9.94. The number of oxime groups is 1. The quantitative estimate of drug-likeness (QED) is 0.274. The summed E-state index contributed by atoms with van der Waals surface area (Å²) in [5.41, 5.74) is 5.51. The fourth-order valence-corrected chi connectivity index (χ4v) is 1.64. The molecule has 0 amide bonds. The van der Waals surface area contributed by atoms with Crippen LogP contribution in [0.25, 0.3) is 0 Å². The van der Waals surface area contributed by atoms with Gasteiger partial charge in [-0.3, -0.25) is 4.90 Å². The van der Waals surface area contributed by atoms with E-state index in [-0.39, 0.29) is 5.84 Å². The Labute approximate surface area is 91.9 Å². The third-order valence-corrected chi connectivity index (χ3v) is 2.54. The predicted molar refractivity (Wildman–Crippen MR) is 61.2 cm³/mol. The smallest absolute Gasteiger partial charge is 0.153 e. The molecule has 5 nitrogen and oxygen atoms in total. The SMILES string of the molecule is CCC(CC)N(CCOC)CC(N)=NO. The second kappa shape index (κ2) is 8.49. The molecule has 0 aromatic rings. The van der Waals surface area contributed by atoms with E-state index in [1.54, 1.807) is 7.11 Å².